The lowest BCUT2D eigenvalue weighted by atomic mass is 10.1. The van der Waals surface area contributed by atoms with E-state index in [1.165, 1.54) is 7.11 Å². The van der Waals surface area contributed by atoms with Crippen molar-refractivity contribution in [1.29, 1.82) is 0 Å². The van der Waals surface area contributed by atoms with Crippen LogP contribution >= 0.6 is 0 Å². The van der Waals surface area contributed by atoms with Crippen LogP contribution in [0.15, 0.2) is 18.2 Å². The van der Waals surface area contributed by atoms with Crippen LogP contribution in [0.1, 0.15) is 12.0 Å². The fraction of sp³-hybridized carbons (Fsp3) is 0.533. The molecule has 0 unspecified atom stereocenters. The van der Waals surface area contributed by atoms with Crippen molar-refractivity contribution in [3.8, 4) is 5.75 Å². The Morgan fingerprint density at radius 2 is 2.04 bits per heavy atom. The Morgan fingerprint density at radius 3 is 2.60 bits per heavy atom. The van der Waals surface area contributed by atoms with Gasteiger partial charge in [-0.25, -0.2) is 8.42 Å². The van der Waals surface area contributed by atoms with Crippen LogP contribution in [0.3, 0.4) is 0 Å². The minimum Gasteiger partial charge on any atom is -0.489 e. The summed E-state index contributed by atoms with van der Waals surface area (Å²) in [4.78, 5) is 12.2. The first-order valence-corrected chi connectivity index (χ1v) is 9.29. The van der Waals surface area contributed by atoms with E-state index >= 15 is 0 Å². The highest BCUT2D eigenvalue weighted by atomic mass is 32.2. The first-order chi connectivity index (χ1) is 11.6. The first-order valence-electron chi connectivity index (χ1n) is 7.46. The van der Waals surface area contributed by atoms with Crippen LogP contribution in [0.5, 0.6) is 5.75 Å². The van der Waals surface area contributed by atoms with Gasteiger partial charge in [-0.3, -0.25) is 4.79 Å². The maximum absolute atomic E-state index is 12.9. The number of hydrogen-bond donors (Lipinski definition) is 1. The van der Waals surface area contributed by atoms with Crippen LogP contribution in [-0.4, -0.2) is 46.2 Å². The van der Waals surface area contributed by atoms with Crippen molar-refractivity contribution in [2.75, 3.05) is 37.1 Å². The Hall–Kier alpha value is -1.81. The summed E-state index contributed by atoms with van der Waals surface area (Å²) in [5, 5.41) is 2.36. The van der Waals surface area contributed by atoms with Crippen LogP contribution in [0.2, 0.25) is 0 Å². The fourth-order valence-corrected chi connectivity index (χ4v) is 4.14. The van der Waals surface area contributed by atoms with E-state index in [1.54, 1.807) is 0 Å². The van der Waals surface area contributed by atoms with Gasteiger partial charge in [0.1, 0.15) is 12.4 Å². The van der Waals surface area contributed by atoms with E-state index in [9.17, 15) is 26.4 Å². The lowest BCUT2D eigenvalue weighted by molar-refractivity contribution is -0.137. The number of ether oxygens (including phenoxy) is 2. The number of sulfone groups is 1. The first kappa shape index (κ1) is 19.5. The summed E-state index contributed by atoms with van der Waals surface area (Å²) in [5.74, 6) is -1.79. The van der Waals surface area contributed by atoms with Gasteiger partial charge in [0.05, 0.1) is 35.3 Å². The highest BCUT2D eigenvalue weighted by Gasteiger charge is 2.34. The Labute approximate surface area is 143 Å². The van der Waals surface area contributed by atoms with Crippen molar-refractivity contribution in [3.05, 3.63) is 23.8 Å². The molecule has 1 aliphatic rings. The van der Waals surface area contributed by atoms with E-state index in [0.29, 0.717) is 0 Å². The predicted molar refractivity (Wildman–Crippen MR) is 84.2 cm³/mol. The summed E-state index contributed by atoms with van der Waals surface area (Å²) in [7, 11) is -1.84. The van der Waals surface area contributed by atoms with Crippen LogP contribution in [0.4, 0.5) is 18.9 Å². The average Bonchev–Trinajstić information content (AvgIpc) is 2.88. The van der Waals surface area contributed by atoms with Crippen molar-refractivity contribution < 1.29 is 35.9 Å². The number of anilines is 1. The zero-order chi connectivity index (χ0) is 18.7. The summed E-state index contributed by atoms with van der Waals surface area (Å²) in [6.07, 6.45) is -4.44. The number of rotatable bonds is 6. The van der Waals surface area contributed by atoms with Gasteiger partial charge in [0.15, 0.2) is 9.84 Å². The molecule has 1 fully saturated rings. The van der Waals surface area contributed by atoms with E-state index in [-0.39, 0.29) is 42.6 Å². The number of amides is 1. The number of carbonyl (C=O) groups is 1. The third kappa shape index (κ3) is 5.33. The molecule has 2 rings (SSSR count). The fourth-order valence-electron chi connectivity index (χ4n) is 2.40. The van der Waals surface area contributed by atoms with Gasteiger partial charge < -0.3 is 14.8 Å². The smallest absolute Gasteiger partial charge is 0.416 e. The molecule has 1 aromatic rings. The second-order valence-electron chi connectivity index (χ2n) is 5.64. The number of halogens is 3. The minimum absolute atomic E-state index is 0.0549. The van der Waals surface area contributed by atoms with E-state index in [4.69, 9.17) is 9.47 Å². The van der Waals surface area contributed by atoms with E-state index in [0.717, 1.165) is 18.2 Å². The van der Waals surface area contributed by atoms with Gasteiger partial charge in [0.25, 0.3) is 0 Å². The van der Waals surface area contributed by atoms with Crippen LogP contribution in [0, 0.1) is 5.92 Å². The summed E-state index contributed by atoms with van der Waals surface area (Å²) >= 11 is 0. The molecule has 1 atom stereocenters. The largest absolute Gasteiger partial charge is 0.489 e. The van der Waals surface area contributed by atoms with Gasteiger partial charge in [-0.2, -0.15) is 13.2 Å². The number of carbonyl (C=O) groups excluding carboxylic acids is 1. The molecule has 6 nitrogen and oxygen atoms in total. The van der Waals surface area contributed by atoms with Crippen LogP contribution in [-0.2, 0) is 25.5 Å². The monoisotopic (exact) mass is 381 g/mol. The molecule has 1 N–H and O–H groups in total. The zero-order valence-corrected chi connectivity index (χ0v) is 14.2. The molecule has 1 amide bonds. The molecule has 1 aromatic carbocycles. The molecule has 1 heterocycles. The van der Waals surface area contributed by atoms with Crippen LogP contribution in [0.25, 0.3) is 0 Å². The van der Waals surface area contributed by atoms with E-state index in [1.807, 2.05) is 0 Å². The topological polar surface area (TPSA) is 81.7 Å². The normalized spacial score (nSPS) is 19.6. The number of alkyl halides is 3. The Kier molecular flexibility index (Phi) is 5.94. The lowest BCUT2D eigenvalue weighted by Gasteiger charge is -2.16. The lowest BCUT2D eigenvalue weighted by Crippen LogP contribution is -2.24. The SMILES string of the molecule is COCCOc1ccc(C(F)(F)F)cc1NC(=O)[C@H]1CCS(=O)(=O)C1. The maximum Gasteiger partial charge on any atom is 0.416 e. The Morgan fingerprint density at radius 1 is 1.32 bits per heavy atom. The van der Waals surface area contributed by atoms with Crippen LogP contribution < -0.4 is 10.1 Å². The van der Waals surface area contributed by atoms with Gasteiger partial charge in [-0.1, -0.05) is 0 Å². The highest BCUT2D eigenvalue weighted by Crippen LogP contribution is 2.35. The molecule has 140 valence electrons. The minimum atomic E-state index is -4.58. The Balaban J connectivity index is 2.21. The predicted octanol–water partition coefficient (Wildman–Crippen LogP) is 2.10. The van der Waals surface area contributed by atoms with Crippen molar-refractivity contribution in [3.63, 3.8) is 0 Å². The second kappa shape index (κ2) is 7.61. The molecule has 0 aromatic heterocycles. The molecular weight excluding hydrogens is 363 g/mol. The van der Waals surface area contributed by atoms with Crippen molar-refractivity contribution in [1.82, 2.24) is 0 Å². The molecule has 0 radical (unpaired) electrons. The summed E-state index contributed by atoms with van der Waals surface area (Å²) in [5.41, 5.74) is -1.10. The number of hydrogen-bond acceptors (Lipinski definition) is 5. The molecule has 25 heavy (non-hydrogen) atoms. The van der Waals surface area contributed by atoms with Gasteiger partial charge in [-0.05, 0) is 24.6 Å². The van der Waals surface area contributed by atoms with E-state index < -0.39 is 33.4 Å². The number of methoxy groups -OCH3 is 1. The summed E-state index contributed by atoms with van der Waals surface area (Å²) in [6, 6.07) is 2.72. The molecular formula is C15H18F3NO5S. The van der Waals surface area contributed by atoms with Crippen molar-refractivity contribution in [2.24, 2.45) is 5.92 Å². The van der Waals surface area contributed by atoms with Gasteiger partial charge >= 0.3 is 6.18 Å². The Bertz CT molecular complexity index is 733. The van der Waals surface area contributed by atoms with Gasteiger partial charge in [-0.15, -0.1) is 0 Å². The summed E-state index contributed by atoms with van der Waals surface area (Å²) < 4.78 is 71.7. The van der Waals surface area contributed by atoms with E-state index in [2.05, 4.69) is 5.32 Å². The second-order valence-corrected chi connectivity index (χ2v) is 7.87. The van der Waals surface area contributed by atoms with Gasteiger partial charge in [0.2, 0.25) is 5.91 Å². The van der Waals surface area contributed by atoms with Crippen molar-refractivity contribution in [2.45, 2.75) is 12.6 Å². The quantitative estimate of drug-likeness (QED) is 0.764. The molecule has 10 heteroatoms. The number of benzene rings is 1. The molecule has 1 saturated heterocycles. The third-order valence-electron chi connectivity index (χ3n) is 3.71. The third-order valence-corrected chi connectivity index (χ3v) is 5.48. The zero-order valence-electron chi connectivity index (χ0n) is 13.4. The standard InChI is InChI=1S/C15H18F3NO5S/c1-23-5-6-24-13-3-2-11(15(16,17)18)8-12(13)19-14(20)10-4-7-25(21,22)9-10/h2-3,8,10H,4-7,9H2,1H3,(H,19,20)/t10-/m0/s1. The number of nitrogens with one attached hydrogen (secondary N) is 1. The summed E-state index contributed by atoms with van der Waals surface area (Å²) in [6.45, 7) is 0.303. The highest BCUT2D eigenvalue weighted by molar-refractivity contribution is 7.91. The maximum atomic E-state index is 12.9. The average molecular weight is 381 g/mol. The van der Waals surface area contributed by atoms with Crippen molar-refractivity contribution >= 4 is 21.4 Å². The van der Waals surface area contributed by atoms with Gasteiger partial charge in [0, 0.05) is 7.11 Å². The molecule has 0 spiro atoms. The molecule has 0 saturated carbocycles. The molecule has 1 aliphatic heterocycles. The molecule has 0 aliphatic carbocycles. The molecule has 0 bridgehead atoms.